The number of fused-ring (bicyclic) bond motifs is 1. The summed E-state index contributed by atoms with van der Waals surface area (Å²) in [6.45, 7) is -0.165. The highest BCUT2D eigenvalue weighted by Gasteiger charge is 2.21. The Balaban J connectivity index is 1.79. The first-order valence-electron chi connectivity index (χ1n) is 7.28. The summed E-state index contributed by atoms with van der Waals surface area (Å²) in [4.78, 5) is 0. The Kier molecular flexibility index (Phi) is 4.28. The van der Waals surface area contributed by atoms with Crippen LogP contribution >= 0.6 is 0 Å². The normalized spacial score (nSPS) is 17.3. The zero-order chi connectivity index (χ0) is 14.5. The van der Waals surface area contributed by atoms with Crippen LogP contribution in [0.4, 0.5) is 0 Å². The van der Waals surface area contributed by atoms with Crippen LogP contribution in [-0.2, 0) is 17.6 Å². The van der Waals surface area contributed by atoms with Crippen LogP contribution in [-0.4, -0.2) is 17.8 Å². The van der Waals surface area contributed by atoms with Crippen molar-refractivity contribution in [2.45, 2.75) is 31.8 Å². The van der Waals surface area contributed by atoms with Gasteiger partial charge < -0.3 is 14.3 Å². The average Bonchev–Trinajstić information content (AvgIpc) is 2.82. The first-order valence-corrected chi connectivity index (χ1v) is 7.28. The maximum Gasteiger partial charge on any atom is 0.134 e. The fourth-order valence-corrected chi connectivity index (χ4v) is 2.69. The lowest BCUT2D eigenvalue weighted by molar-refractivity contribution is 0.156. The summed E-state index contributed by atoms with van der Waals surface area (Å²) in [6, 6.07) is 12.3. The van der Waals surface area contributed by atoms with E-state index in [2.05, 4.69) is 30.2 Å². The maximum absolute atomic E-state index is 8.67. The predicted octanol–water partition coefficient (Wildman–Crippen LogP) is 3.16. The van der Waals surface area contributed by atoms with Crippen LogP contribution < -0.4 is 0 Å². The SMILES string of the molecule is OCC#CO[C@H]1CCCc2oc(-c3ccccc3)cc2C1. The van der Waals surface area contributed by atoms with Crippen LogP contribution in [0.15, 0.2) is 40.8 Å². The van der Waals surface area contributed by atoms with Gasteiger partial charge in [-0.1, -0.05) is 30.3 Å². The molecule has 1 aromatic heterocycles. The summed E-state index contributed by atoms with van der Waals surface area (Å²) in [5.41, 5.74) is 2.31. The molecule has 0 saturated carbocycles. The van der Waals surface area contributed by atoms with Crippen molar-refractivity contribution in [3.05, 3.63) is 47.7 Å². The van der Waals surface area contributed by atoms with Crippen molar-refractivity contribution in [3.8, 4) is 23.4 Å². The zero-order valence-electron chi connectivity index (χ0n) is 11.8. The molecule has 1 aromatic carbocycles. The highest BCUT2D eigenvalue weighted by molar-refractivity contribution is 5.58. The number of aliphatic hydroxyl groups excluding tert-OH is 1. The molecule has 1 aliphatic carbocycles. The smallest absolute Gasteiger partial charge is 0.134 e. The van der Waals surface area contributed by atoms with Gasteiger partial charge in [-0.2, -0.15) is 0 Å². The Hall–Kier alpha value is -2.18. The van der Waals surface area contributed by atoms with Gasteiger partial charge in [-0.15, -0.1) is 0 Å². The fourth-order valence-electron chi connectivity index (χ4n) is 2.69. The second-order valence-corrected chi connectivity index (χ2v) is 5.20. The van der Waals surface area contributed by atoms with Gasteiger partial charge in [0, 0.05) is 18.4 Å². The van der Waals surface area contributed by atoms with E-state index in [1.807, 2.05) is 18.2 Å². The lowest BCUT2D eigenvalue weighted by atomic mass is 10.1. The van der Waals surface area contributed by atoms with Crippen molar-refractivity contribution in [2.75, 3.05) is 6.61 Å². The minimum Gasteiger partial charge on any atom is -0.461 e. The quantitative estimate of drug-likeness (QED) is 0.679. The molecule has 108 valence electrons. The Morgan fingerprint density at radius 1 is 1.29 bits per heavy atom. The highest BCUT2D eigenvalue weighted by atomic mass is 16.5. The predicted molar refractivity (Wildman–Crippen MR) is 80.5 cm³/mol. The molecule has 0 fully saturated rings. The van der Waals surface area contributed by atoms with Crippen molar-refractivity contribution in [3.63, 3.8) is 0 Å². The fraction of sp³-hybridized carbons (Fsp3) is 0.333. The summed E-state index contributed by atoms with van der Waals surface area (Å²) in [5, 5.41) is 8.67. The van der Waals surface area contributed by atoms with E-state index in [9.17, 15) is 0 Å². The molecule has 0 spiro atoms. The number of benzene rings is 1. The summed E-state index contributed by atoms with van der Waals surface area (Å²) >= 11 is 0. The third-order valence-corrected chi connectivity index (χ3v) is 3.71. The molecule has 0 saturated heterocycles. The van der Waals surface area contributed by atoms with E-state index in [1.54, 1.807) is 0 Å². The number of aliphatic hydroxyl groups is 1. The molecule has 1 heterocycles. The number of rotatable bonds is 2. The molecule has 0 amide bonds. The molecule has 3 rings (SSSR count). The standard InChI is InChI=1S/C18H18O3/c19-10-5-11-20-16-8-4-9-17-15(12-16)13-18(21-17)14-6-2-1-3-7-14/h1-3,6-7,13,16,19H,4,8-10,12H2/t16-/m0/s1. The van der Waals surface area contributed by atoms with Crippen molar-refractivity contribution in [2.24, 2.45) is 0 Å². The van der Waals surface area contributed by atoms with Crippen LogP contribution in [0.3, 0.4) is 0 Å². The van der Waals surface area contributed by atoms with Gasteiger partial charge in [0.25, 0.3) is 0 Å². The van der Waals surface area contributed by atoms with Gasteiger partial charge in [0.15, 0.2) is 0 Å². The maximum atomic E-state index is 8.67. The van der Waals surface area contributed by atoms with Gasteiger partial charge in [-0.3, -0.25) is 0 Å². The third kappa shape index (κ3) is 3.29. The topological polar surface area (TPSA) is 42.6 Å². The molecule has 1 aliphatic rings. The van der Waals surface area contributed by atoms with E-state index >= 15 is 0 Å². The lowest BCUT2D eigenvalue weighted by Crippen LogP contribution is -2.12. The van der Waals surface area contributed by atoms with E-state index < -0.39 is 0 Å². The van der Waals surface area contributed by atoms with E-state index in [4.69, 9.17) is 14.3 Å². The summed E-state index contributed by atoms with van der Waals surface area (Å²) in [7, 11) is 0. The first kappa shape index (κ1) is 13.8. The molecule has 3 nitrogen and oxygen atoms in total. The summed E-state index contributed by atoms with van der Waals surface area (Å²) < 4.78 is 11.5. The van der Waals surface area contributed by atoms with Crippen LogP contribution in [0.5, 0.6) is 0 Å². The molecule has 1 atom stereocenters. The molecular formula is C18H18O3. The monoisotopic (exact) mass is 282 g/mol. The third-order valence-electron chi connectivity index (χ3n) is 3.71. The largest absolute Gasteiger partial charge is 0.461 e. The highest BCUT2D eigenvalue weighted by Crippen LogP contribution is 2.30. The second kappa shape index (κ2) is 6.51. The van der Waals surface area contributed by atoms with Crippen LogP contribution in [0, 0.1) is 12.0 Å². The van der Waals surface area contributed by atoms with E-state index in [1.165, 1.54) is 5.56 Å². The molecule has 1 N–H and O–H groups in total. The van der Waals surface area contributed by atoms with Gasteiger partial charge in [-0.05, 0) is 30.4 Å². The average molecular weight is 282 g/mol. The van der Waals surface area contributed by atoms with Gasteiger partial charge in [-0.25, -0.2) is 0 Å². The van der Waals surface area contributed by atoms with Gasteiger partial charge >= 0.3 is 0 Å². The van der Waals surface area contributed by atoms with E-state index in [0.717, 1.165) is 42.8 Å². The van der Waals surface area contributed by atoms with Crippen LogP contribution in [0.1, 0.15) is 24.2 Å². The van der Waals surface area contributed by atoms with E-state index in [-0.39, 0.29) is 12.7 Å². The van der Waals surface area contributed by atoms with Crippen molar-refractivity contribution < 1.29 is 14.3 Å². The molecule has 0 unspecified atom stereocenters. The summed E-state index contributed by atoms with van der Waals surface area (Å²) in [5.74, 6) is 4.51. The molecule has 3 heteroatoms. The van der Waals surface area contributed by atoms with Crippen LogP contribution in [0.25, 0.3) is 11.3 Å². The molecular weight excluding hydrogens is 264 g/mol. The molecule has 0 radical (unpaired) electrons. The minimum absolute atomic E-state index is 0.0755. The molecule has 21 heavy (non-hydrogen) atoms. The van der Waals surface area contributed by atoms with E-state index in [0.29, 0.717) is 0 Å². The van der Waals surface area contributed by atoms with Gasteiger partial charge in [0.2, 0.25) is 0 Å². The first-order chi connectivity index (χ1) is 10.4. The zero-order valence-corrected chi connectivity index (χ0v) is 11.8. The Morgan fingerprint density at radius 2 is 2.14 bits per heavy atom. The van der Waals surface area contributed by atoms with Gasteiger partial charge in [0.05, 0.1) is 0 Å². The number of hydrogen-bond acceptors (Lipinski definition) is 3. The number of furan rings is 1. The number of ether oxygens (including phenoxy) is 1. The minimum atomic E-state index is -0.165. The lowest BCUT2D eigenvalue weighted by Gasteiger charge is -2.10. The molecule has 2 aromatic rings. The van der Waals surface area contributed by atoms with Crippen LogP contribution in [0.2, 0.25) is 0 Å². The van der Waals surface area contributed by atoms with Crippen molar-refractivity contribution in [1.82, 2.24) is 0 Å². The second-order valence-electron chi connectivity index (χ2n) is 5.20. The Labute approximate surface area is 124 Å². The Bertz CT molecular complexity index is 646. The number of hydrogen-bond donors (Lipinski definition) is 1. The van der Waals surface area contributed by atoms with Gasteiger partial charge in [0.1, 0.15) is 30.3 Å². The summed E-state index contributed by atoms with van der Waals surface area (Å²) in [6.07, 6.45) is 6.39. The molecule has 0 bridgehead atoms. The number of aryl methyl sites for hydroxylation is 1. The Morgan fingerprint density at radius 3 is 2.95 bits per heavy atom. The van der Waals surface area contributed by atoms with Crippen molar-refractivity contribution >= 4 is 0 Å². The molecule has 0 aliphatic heterocycles. The van der Waals surface area contributed by atoms with Crippen molar-refractivity contribution in [1.29, 1.82) is 0 Å².